The Bertz CT molecular complexity index is 457. The smallest absolute Gasteiger partial charge is 0.224 e. The highest BCUT2D eigenvalue weighted by molar-refractivity contribution is 5.39. The molecule has 0 saturated carbocycles. The third-order valence-electron chi connectivity index (χ3n) is 2.32. The van der Waals surface area contributed by atoms with Crippen molar-refractivity contribution in [1.29, 1.82) is 0 Å². The number of nitrogens with one attached hydrogen (secondary N) is 2. The summed E-state index contributed by atoms with van der Waals surface area (Å²) in [6.07, 6.45) is 6.30. The summed E-state index contributed by atoms with van der Waals surface area (Å²) in [5.74, 6) is 1.45. The highest BCUT2D eigenvalue weighted by atomic mass is 15.1. The second kappa shape index (κ2) is 5.79. The van der Waals surface area contributed by atoms with Crippen LogP contribution in [0.1, 0.15) is 5.56 Å². The van der Waals surface area contributed by atoms with E-state index in [1.54, 1.807) is 19.4 Å². The van der Waals surface area contributed by atoms with Crippen LogP contribution >= 0.6 is 0 Å². The van der Waals surface area contributed by atoms with Crippen LogP contribution < -0.4 is 10.6 Å². The van der Waals surface area contributed by atoms with E-state index in [1.807, 2.05) is 18.3 Å². The first kappa shape index (κ1) is 11.3. The Labute approximate surface area is 100 Å². The van der Waals surface area contributed by atoms with Crippen LogP contribution in [0.15, 0.2) is 36.8 Å². The van der Waals surface area contributed by atoms with E-state index in [0.29, 0.717) is 5.95 Å². The zero-order valence-corrected chi connectivity index (χ0v) is 9.72. The normalized spacial score (nSPS) is 9.94. The molecule has 88 valence electrons. The van der Waals surface area contributed by atoms with Gasteiger partial charge in [-0.3, -0.25) is 4.98 Å². The van der Waals surface area contributed by atoms with Crippen LogP contribution in [0.25, 0.3) is 0 Å². The van der Waals surface area contributed by atoms with Crippen molar-refractivity contribution in [3.8, 4) is 0 Å². The van der Waals surface area contributed by atoms with Gasteiger partial charge in [-0.2, -0.15) is 4.98 Å². The van der Waals surface area contributed by atoms with Gasteiger partial charge in [0.05, 0.1) is 0 Å². The maximum absolute atomic E-state index is 4.27. The Morgan fingerprint density at radius 3 is 2.94 bits per heavy atom. The number of rotatable bonds is 5. The summed E-state index contributed by atoms with van der Waals surface area (Å²) in [6.45, 7) is 0.825. The van der Waals surface area contributed by atoms with E-state index in [9.17, 15) is 0 Å². The first-order valence-corrected chi connectivity index (χ1v) is 5.52. The topological polar surface area (TPSA) is 62.7 Å². The minimum absolute atomic E-state index is 0.622. The summed E-state index contributed by atoms with van der Waals surface area (Å²) in [5, 5.41) is 6.15. The third-order valence-corrected chi connectivity index (χ3v) is 2.32. The van der Waals surface area contributed by atoms with Crippen LogP contribution in [-0.4, -0.2) is 28.5 Å². The van der Waals surface area contributed by atoms with E-state index >= 15 is 0 Å². The molecular weight excluding hydrogens is 214 g/mol. The Kier molecular flexibility index (Phi) is 3.85. The molecule has 0 aliphatic rings. The van der Waals surface area contributed by atoms with Crippen LogP contribution in [0.5, 0.6) is 0 Å². The number of hydrogen-bond donors (Lipinski definition) is 2. The van der Waals surface area contributed by atoms with Gasteiger partial charge >= 0.3 is 0 Å². The summed E-state index contributed by atoms with van der Waals surface area (Å²) >= 11 is 0. The average Bonchev–Trinajstić information content (AvgIpc) is 2.40. The Morgan fingerprint density at radius 2 is 2.18 bits per heavy atom. The molecule has 2 N–H and O–H groups in total. The van der Waals surface area contributed by atoms with Crippen molar-refractivity contribution in [3.63, 3.8) is 0 Å². The van der Waals surface area contributed by atoms with Crippen molar-refractivity contribution in [1.82, 2.24) is 15.0 Å². The molecule has 2 aromatic rings. The maximum atomic E-state index is 4.27. The number of hydrogen-bond acceptors (Lipinski definition) is 5. The summed E-state index contributed by atoms with van der Waals surface area (Å²) in [6, 6.07) is 5.86. The van der Waals surface area contributed by atoms with Gasteiger partial charge in [0.15, 0.2) is 0 Å². The summed E-state index contributed by atoms with van der Waals surface area (Å²) in [7, 11) is 1.80. The molecule has 0 aliphatic heterocycles. The molecule has 0 spiro atoms. The van der Waals surface area contributed by atoms with Gasteiger partial charge < -0.3 is 10.6 Å². The predicted octanol–water partition coefficient (Wildman–Crippen LogP) is 1.57. The lowest BCUT2D eigenvalue weighted by molar-refractivity contribution is 0.988. The fourth-order valence-electron chi connectivity index (χ4n) is 1.46. The Morgan fingerprint density at radius 1 is 1.24 bits per heavy atom. The highest BCUT2D eigenvalue weighted by Gasteiger charge is 1.97. The van der Waals surface area contributed by atoms with E-state index in [1.165, 1.54) is 5.56 Å². The van der Waals surface area contributed by atoms with Crippen molar-refractivity contribution in [3.05, 3.63) is 42.4 Å². The van der Waals surface area contributed by atoms with E-state index in [-0.39, 0.29) is 0 Å². The molecule has 0 unspecified atom stereocenters. The molecule has 0 aromatic carbocycles. The molecule has 0 fully saturated rings. The molecule has 17 heavy (non-hydrogen) atoms. The molecule has 0 saturated heterocycles. The first-order valence-electron chi connectivity index (χ1n) is 5.52. The molecule has 0 bridgehead atoms. The molecule has 0 aliphatic carbocycles. The summed E-state index contributed by atoms with van der Waals surface area (Å²) in [5.41, 5.74) is 1.21. The van der Waals surface area contributed by atoms with E-state index in [2.05, 4.69) is 31.7 Å². The molecule has 0 radical (unpaired) electrons. The van der Waals surface area contributed by atoms with Gasteiger partial charge in [0.25, 0.3) is 0 Å². The number of nitrogens with zero attached hydrogens (tertiary/aromatic N) is 3. The Balaban J connectivity index is 1.86. The van der Waals surface area contributed by atoms with Gasteiger partial charge in [-0.05, 0) is 24.1 Å². The SMILES string of the molecule is CNc1nccc(NCCc2cccnc2)n1. The molecule has 2 rings (SSSR count). The third kappa shape index (κ3) is 3.41. The maximum Gasteiger partial charge on any atom is 0.224 e. The number of pyridine rings is 1. The lowest BCUT2D eigenvalue weighted by Gasteiger charge is -2.06. The van der Waals surface area contributed by atoms with Crippen molar-refractivity contribution < 1.29 is 0 Å². The quantitative estimate of drug-likeness (QED) is 0.814. The molecular formula is C12H15N5. The standard InChI is InChI=1S/C12H15N5/c1-13-12-16-8-5-11(17-12)15-7-4-10-3-2-6-14-9-10/h2-3,5-6,8-9H,4,7H2,1H3,(H2,13,15,16,17). The highest BCUT2D eigenvalue weighted by Crippen LogP contribution is 2.05. The van der Waals surface area contributed by atoms with Gasteiger partial charge in [-0.1, -0.05) is 6.07 Å². The van der Waals surface area contributed by atoms with Crippen LogP contribution in [0.4, 0.5) is 11.8 Å². The Hall–Kier alpha value is -2.17. The molecule has 0 amide bonds. The molecule has 0 atom stereocenters. The van der Waals surface area contributed by atoms with Crippen molar-refractivity contribution >= 4 is 11.8 Å². The zero-order valence-electron chi connectivity index (χ0n) is 9.72. The monoisotopic (exact) mass is 229 g/mol. The molecule has 2 heterocycles. The second-order valence-corrected chi connectivity index (χ2v) is 3.55. The van der Waals surface area contributed by atoms with Crippen LogP contribution in [0.3, 0.4) is 0 Å². The fourth-order valence-corrected chi connectivity index (χ4v) is 1.46. The van der Waals surface area contributed by atoms with E-state index in [4.69, 9.17) is 0 Å². The summed E-state index contributed by atoms with van der Waals surface area (Å²) < 4.78 is 0. The van der Waals surface area contributed by atoms with Crippen molar-refractivity contribution in [2.45, 2.75) is 6.42 Å². The van der Waals surface area contributed by atoms with Crippen LogP contribution in [0, 0.1) is 0 Å². The van der Waals surface area contributed by atoms with Crippen LogP contribution in [-0.2, 0) is 6.42 Å². The minimum Gasteiger partial charge on any atom is -0.370 e. The first-order chi connectivity index (χ1) is 8.38. The van der Waals surface area contributed by atoms with Crippen molar-refractivity contribution in [2.75, 3.05) is 24.2 Å². The van der Waals surface area contributed by atoms with Gasteiger partial charge in [0.2, 0.25) is 5.95 Å². The summed E-state index contributed by atoms with van der Waals surface area (Å²) in [4.78, 5) is 12.4. The van der Waals surface area contributed by atoms with Gasteiger partial charge in [0.1, 0.15) is 5.82 Å². The van der Waals surface area contributed by atoms with Crippen molar-refractivity contribution in [2.24, 2.45) is 0 Å². The van der Waals surface area contributed by atoms with E-state index in [0.717, 1.165) is 18.8 Å². The van der Waals surface area contributed by atoms with Gasteiger partial charge in [-0.15, -0.1) is 0 Å². The fraction of sp³-hybridized carbons (Fsp3) is 0.250. The second-order valence-electron chi connectivity index (χ2n) is 3.55. The van der Waals surface area contributed by atoms with Crippen LogP contribution in [0.2, 0.25) is 0 Å². The lowest BCUT2D eigenvalue weighted by Crippen LogP contribution is -2.07. The zero-order chi connectivity index (χ0) is 11.9. The minimum atomic E-state index is 0.622. The number of aromatic nitrogens is 3. The average molecular weight is 229 g/mol. The molecule has 2 aromatic heterocycles. The van der Waals surface area contributed by atoms with Gasteiger partial charge in [-0.25, -0.2) is 4.98 Å². The van der Waals surface area contributed by atoms with Gasteiger partial charge in [0, 0.05) is 32.2 Å². The predicted molar refractivity (Wildman–Crippen MR) is 68.0 cm³/mol. The lowest BCUT2D eigenvalue weighted by atomic mass is 10.2. The number of anilines is 2. The molecule has 5 nitrogen and oxygen atoms in total. The largest absolute Gasteiger partial charge is 0.370 e. The molecule has 5 heteroatoms. The van der Waals surface area contributed by atoms with E-state index < -0.39 is 0 Å².